The van der Waals surface area contributed by atoms with Gasteiger partial charge < -0.3 is 25.2 Å². The Hall–Kier alpha value is -2.62. The zero-order valence-corrected chi connectivity index (χ0v) is 30.8. The van der Waals surface area contributed by atoms with Crippen LogP contribution in [-0.2, 0) is 10.2 Å². The molecule has 1 atom stereocenters. The van der Waals surface area contributed by atoms with E-state index < -0.39 is 16.0 Å². The van der Waals surface area contributed by atoms with Gasteiger partial charge in [0.2, 0.25) is 0 Å². The van der Waals surface area contributed by atoms with Crippen LogP contribution in [0.15, 0.2) is 30.7 Å². The molecule has 4 aliphatic rings. The highest BCUT2D eigenvalue weighted by Gasteiger charge is 2.46. The number of nitrogens with two attached hydrogens (primary N) is 1. The van der Waals surface area contributed by atoms with Crippen molar-refractivity contribution in [3.8, 4) is 11.5 Å². The molecule has 4 fully saturated rings. The van der Waals surface area contributed by atoms with E-state index in [0.29, 0.717) is 43.7 Å². The van der Waals surface area contributed by atoms with Crippen LogP contribution in [0.2, 0.25) is 0 Å². The van der Waals surface area contributed by atoms with E-state index in [0.717, 1.165) is 64.8 Å². The van der Waals surface area contributed by atoms with E-state index in [4.69, 9.17) is 10.5 Å². The number of carbonyl (C=O) groups excluding carboxylic acids is 1. The molecule has 5 heterocycles. The first-order valence-electron chi connectivity index (χ1n) is 17.4. The van der Waals surface area contributed by atoms with Gasteiger partial charge in [0, 0.05) is 69.4 Å². The largest absolute Gasteiger partial charge is 0.451 e. The molecule has 1 aromatic carbocycles. The van der Waals surface area contributed by atoms with Gasteiger partial charge >= 0.3 is 0 Å². The minimum absolute atomic E-state index is 0. The van der Waals surface area contributed by atoms with Crippen LogP contribution >= 0.6 is 12.4 Å². The van der Waals surface area contributed by atoms with Gasteiger partial charge in [0.05, 0.1) is 11.8 Å². The van der Waals surface area contributed by atoms with Gasteiger partial charge in [-0.1, -0.05) is 0 Å². The number of aromatic nitrogens is 2. The van der Waals surface area contributed by atoms with Gasteiger partial charge in [0.1, 0.15) is 17.9 Å². The van der Waals surface area contributed by atoms with Crippen molar-refractivity contribution in [1.29, 1.82) is 0 Å². The molecule has 0 radical (unpaired) electrons. The highest BCUT2D eigenvalue weighted by Crippen LogP contribution is 2.45. The van der Waals surface area contributed by atoms with Crippen LogP contribution in [0.5, 0.6) is 11.5 Å². The maximum atomic E-state index is 14.4. The van der Waals surface area contributed by atoms with Crippen LogP contribution in [-0.4, -0.2) is 120 Å². The molecule has 49 heavy (non-hydrogen) atoms. The Bertz CT molecular complexity index is 1550. The molecule has 2 N–H and O–H groups in total. The third kappa shape index (κ3) is 8.15. The van der Waals surface area contributed by atoms with Gasteiger partial charge in [0.15, 0.2) is 11.6 Å². The molecule has 0 bridgehead atoms. The molecule has 2 aromatic rings. The average Bonchev–Trinajstić information content (AvgIpc) is 3.49. The van der Waals surface area contributed by atoms with E-state index in [1.165, 1.54) is 24.5 Å². The van der Waals surface area contributed by atoms with Crippen LogP contribution in [0.25, 0.3) is 0 Å². The molecule has 0 aliphatic carbocycles. The van der Waals surface area contributed by atoms with Crippen LogP contribution in [0.3, 0.4) is 0 Å². The number of ether oxygens (including phenoxy) is 1. The van der Waals surface area contributed by atoms with Crippen molar-refractivity contribution in [2.75, 3.05) is 63.8 Å². The smallest absolute Gasteiger partial charge is 0.282 e. The first kappa shape index (κ1) is 37.6. The number of benzene rings is 1. The molecule has 0 unspecified atom stereocenters. The van der Waals surface area contributed by atoms with Crippen LogP contribution in [0.4, 0.5) is 10.2 Å². The summed E-state index contributed by atoms with van der Waals surface area (Å²) in [5, 5.41) is 0. The number of anilines is 1. The van der Waals surface area contributed by atoms with Crippen molar-refractivity contribution in [3.63, 3.8) is 0 Å². The Balaban J connectivity index is 0.00000468. The summed E-state index contributed by atoms with van der Waals surface area (Å²) in [7, 11) is -3.41. The number of likely N-dealkylation sites (tertiary alicyclic amines) is 1. The van der Waals surface area contributed by atoms with E-state index >= 15 is 0 Å². The number of hydrogen-bond donors (Lipinski definition) is 1. The van der Waals surface area contributed by atoms with E-state index in [1.807, 2.05) is 27.7 Å². The van der Waals surface area contributed by atoms with Gasteiger partial charge in [-0.25, -0.2) is 14.4 Å². The Morgan fingerprint density at radius 2 is 1.67 bits per heavy atom. The number of piperidine rings is 2. The number of rotatable bonds is 10. The Morgan fingerprint density at radius 1 is 1.02 bits per heavy atom. The van der Waals surface area contributed by atoms with Gasteiger partial charge in [-0.2, -0.15) is 17.0 Å². The summed E-state index contributed by atoms with van der Waals surface area (Å²) in [6.07, 6.45) is 7.79. The zero-order chi connectivity index (χ0) is 34.2. The van der Waals surface area contributed by atoms with Gasteiger partial charge in [0.25, 0.3) is 16.1 Å². The monoisotopic (exact) mass is 722 g/mol. The van der Waals surface area contributed by atoms with Crippen LogP contribution in [0, 0.1) is 17.2 Å². The first-order valence-corrected chi connectivity index (χ1v) is 18.8. The molecule has 4 aliphatic heterocycles. The third-order valence-corrected chi connectivity index (χ3v) is 12.6. The standard InChI is InChI=1S/C34H51FN8O4S.ClH/c1-24(2)43(25(3)4)33(44)29-17-27(35)5-6-30(29)47-31-18-37-23-38-32(31)40-21-34(22-40)10-15-39(16-11-34)19-26-7-12-41(13-8-26)48(45,46)42-14-9-28(36)20-42;/h5-6,17-18,23-26,28H,7-16,19-22,36H2,1-4H3;1H/t28-;/m1./s1. The lowest BCUT2D eigenvalue weighted by Crippen LogP contribution is -2.61. The predicted molar refractivity (Wildman–Crippen MR) is 190 cm³/mol. The normalized spacial score (nSPS) is 22.4. The molecule has 1 aromatic heterocycles. The SMILES string of the molecule is CC(C)N(C(=O)c1cc(F)ccc1Oc1cncnc1N1CC2(CCN(CC3CCN(S(=O)(=O)N4CC[C@@H](N)C4)CC3)CC2)C1)C(C)C.Cl. The molecule has 6 rings (SSSR count). The number of carbonyl (C=O) groups is 1. The Kier molecular flexibility index (Phi) is 11.8. The zero-order valence-electron chi connectivity index (χ0n) is 29.1. The summed E-state index contributed by atoms with van der Waals surface area (Å²) in [4.78, 5) is 28.8. The van der Waals surface area contributed by atoms with Crippen molar-refractivity contribution in [2.45, 2.75) is 77.9 Å². The minimum Gasteiger partial charge on any atom is -0.451 e. The number of halogens is 2. The highest BCUT2D eigenvalue weighted by molar-refractivity contribution is 7.86. The van der Waals surface area contributed by atoms with Crippen molar-refractivity contribution in [1.82, 2.24) is 28.4 Å². The fourth-order valence-corrected chi connectivity index (χ4v) is 9.67. The van der Waals surface area contributed by atoms with Gasteiger partial charge in [-0.05, 0) is 97.0 Å². The minimum atomic E-state index is -3.41. The topological polar surface area (TPSA) is 128 Å². The molecular weight excluding hydrogens is 671 g/mol. The summed E-state index contributed by atoms with van der Waals surface area (Å²) in [6.45, 7) is 14.6. The second-order valence-corrected chi connectivity index (χ2v) is 16.7. The van der Waals surface area contributed by atoms with Crippen molar-refractivity contribution >= 4 is 34.3 Å². The first-order chi connectivity index (χ1) is 22.8. The molecule has 1 spiro atoms. The molecular formula is C34H52ClFN8O4S. The molecule has 12 nitrogen and oxygen atoms in total. The second kappa shape index (κ2) is 15.3. The maximum absolute atomic E-state index is 14.4. The Morgan fingerprint density at radius 3 is 2.29 bits per heavy atom. The lowest BCUT2D eigenvalue weighted by molar-refractivity contribution is 0.0608. The van der Waals surface area contributed by atoms with Gasteiger partial charge in [-0.3, -0.25) is 4.79 Å². The molecule has 1 amide bonds. The fraction of sp³-hybridized carbons (Fsp3) is 0.676. The van der Waals surface area contributed by atoms with Crippen LogP contribution < -0.4 is 15.4 Å². The van der Waals surface area contributed by atoms with E-state index in [1.54, 1.807) is 19.7 Å². The lowest BCUT2D eigenvalue weighted by Gasteiger charge is -2.54. The van der Waals surface area contributed by atoms with Gasteiger partial charge in [-0.15, -0.1) is 12.4 Å². The summed E-state index contributed by atoms with van der Waals surface area (Å²) < 4.78 is 50.0. The van der Waals surface area contributed by atoms with Crippen molar-refractivity contribution in [3.05, 3.63) is 42.1 Å². The average molecular weight is 723 g/mol. The third-order valence-electron chi connectivity index (χ3n) is 10.6. The van der Waals surface area contributed by atoms with Crippen molar-refractivity contribution in [2.24, 2.45) is 17.1 Å². The Labute approximate surface area is 296 Å². The van der Waals surface area contributed by atoms with Crippen molar-refractivity contribution < 1.29 is 22.3 Å². The molecule has 272 valence electrons. The van der Waals surface area contributed by atoms with E-state index in [2.05, 4.69) is 19.8 Å². The number of hydrogen-bond acceptors (Lipinski definition) is 9. The second-order valence-electron chi connectivity index (χ2n) is 14.8. The van der Waals surface area contributed by atoms with Crippen LogP contribution in [0.1, 0.15) is 70.2 Å². The number of nitrogens with zero attached hydrogens (tertiary/aromatic N) is 7. The quantitative estimate of drug-likeness (QED) is 0.388. The maximum Gasteiger partial charge on any atom is 0.282 e. The number of amides is 1. The summed E-state index contributed by atoms with van der Waals surface area (Å²) >= 11 is 0. The molecule has 4 saturated heterocycles. The van der Waals surface area contributed by atoms with E-state index in [9.17, 15) is 17.6 Å². The summed E-state index contributed by atoms with van der Waals surface area (Å²) in [5.41, 5.74) is 6.34. The fourth-order valence-electron chi connectivity index (χ4n) is 7.95. The summed E-state index contributed by atoms with van der Waals surface area (Å²) in [5.74, 6) is 1.10. The van der Waals surface area contributed by atoms with E-state index in [-0.39, 0.29) is 53.2 Å². The highest BCUT2D eigenvalue weighted by atomic mass is 35.5. The molecule has 0 saturated carbocycles. The lowest BCUT2D eigenvalue weighted by atomic mass is 9.72. The predicted octanol–water partition coefficient (Wildman–Crippen LogP) is 3.98. The summed E-state index contributed by atoms with van der Waals surface area (Å²) in [6, 6.07) is 3.84. The molecule has 15 heteroatoms.